The Kier molecular flexibility index (Phi) is 6.90. The van der Waals surface area contributed by atoms with Crippen LogP contribution in [-0.2, 0) is 19.6 Å². The summed E-state index contributed by atoms with van der Waals surface area (Å²) in [5.41, 5.74) is 1.62. The molecular weight excluding hydrogens is 489 g/mol. The zero-order valence-corrected chi connectivity index (χ0v) is 21.4. The lowest BCUT2D eigenvalue weighted by molar-refractivity contribution is -0.0140. The van der Waals surface area contributed by atoms with Gasteiger partial charge in [-0.3, -0.25) is 19.3 Å². The lowest BCUT2D eigenvalue weighted by Gasteiger charge is -2.47. The number of aromatic nitrogens is 1. The van der Waals surface area contributed by atoms with Gasteiger partial charge in [-0.15, -0.1) is 0 Å². The van der Waals surface area contributed by atoms with Gasteiger partial charge in [0.25, 0.3) is 11.8 Å². The monoisotopic (exact) mass is 519 g/mol. The molecule has 2 aromatic carbocycles. The Hall–Kier alpha value is -4.18. The summed E-state index contributed by atoms with van der Waals surface area (Å²) < 4.78 is 14.7. The van der Waals surface area contributed by atoms with Crippen LogP contribution in [0.1, 0.15) is 38.4 Å². The third kappa shape index (κ3) is 4.87. The number of carbonyl (C=O) groups is 2. The predicted molar refractivity (Wildman–Crippen MR) is 141 cm³/mol. The topological polar surface area (TPSA) is 98.1 Å². The molecule has 0 bridgehead atoms. The van der Waals surface area contributed by atoms with Crippen LogP contribution in [0.3, 0.4) is 0 Å². The van der Waals surface area contributed by atoms with Gasteiger partial charge < -0.3 is 24.8 Å². The molecule has 1 saturated heterocycles. The molecule has 0 radical (unpaired) electrons. The number of amides is 2. The Labute approximate surface area is 219 Å². The molecule has 2 aliphatic rings. The molecule has 2 aliphatic heterocycles. The van der Waals surface area contributed by atoms with Gasteiger partial charge in [0.1, 0.15) is 17.5 Å². The minimum Gasteiger partial charge on any atom is -0.503 e. The maximum Gasteiger partial charge on any atom is 0.275 e. The van der Waals surface area contributed by atoms with Crippen molar-refractivity contribution in [2.45, 2.75) is 32.2 Å². The Morgan fingerprint density at radius 2 is 1.74 bits per heavy atom. The molecule has 1 aromatic heterocycles. The van der Waals surface area contributed by atoms with Crippen molar-refractivity contribution in [1.82, 2.24) is 19.7 Å². The van der Waals surface area contributed by atoms with Crippen molar-refractivity contribution in [3.8, 4) is 5.75 Å². The van der Waals surface area contributed by atoms with Gasteiger partial charge in [-0.2, -0.15) is 0 Å². The van der Waals surface area contributed by atoms with Crippen LogP contribution in [0.2, 0.25) is 0 Å². The first-order chi connectivity index (χ1) is 18.2. The molecule has 0 aliphatic carbocycles. The third-order valence-electron chi connectivity index (χ3n) is 7.15. The summed E-state index contributed by atoms with van der Waals surface area (Å²) in [4.78, 5) is 45.1. The summed E-state index contributed by atoms with van der Waals surface area (Å²) in [5.74, 6) is -2.22. The van der Waals surface area contributed by atoms with E-state index in [0.29, 0.717) is 25.2 Å². The number of benzene rings is 2. The standard InChI is InChI=1S/C28H30FN5O4/c1-31(2)21-10-6-19(7-11-21)15-32-12-3-13-34-23(32)17-33-16-22(25(35)26(36)24(33)28(34)38)27(37)30-14-18-4-8-20(29)9-5-18/h4-11,16,23,36H,3,12-15,17H2,1-2H3,(H,30,37). The van der Waals surface area contributed by atoms with Crippen molar-refractivity contribution in [2.75, 3.05) is 32.1 Å². The Balaban J connectivity index is 1.39. The highest BCUT2D eigenvalue weighted by Crippen LogP contribution is 2.29. The minimum atomic E-state index is -0.894. The summed E-state index contributed by atoms with van der Waals surface area (Å²) in [7, 11) is 3.97. The number of anilines is 1. The van der Waals surface area contributed by atoms with Crippen molar-refractivity contribution < 1.29 is 19.1 Å². The largest absolute Gasteiger partial charge is 0.503 e. The van der Waals surface area contributed by atoms with Crippen molar-refractivity contribution in [2.24, 2.45) is 0 Å². The molecule has 1 fully saturated rings. The van der Waals surface area contributed by atoms with E-state index in [9.17, 15) is 23.9 Å². The van der Waals surface area contributed by atoms with Crippen LogP contribution in [0.25, 0.3) is 0 Å². The highest BCUT2D eigenvalue weighted by molar-refractivity contribution is 5.99. The highest BCUT2D eigenvalue weighted by Gasteiger charge is 2.40. The number of nitrogens with zero attached hydrogens (tertiary/aromatic N) is 4. The van der Waals surface area contributed by atoms with E-state index in [1.54, 1.807) is 4.90 Å². The van der Waals surface area contributed by atoms with Gasteiger partial charge >= 0.3 is 0 Å². The Morgan fingerprint density at radius 3 is 2.42 bits per heavy atom. The number of nitrogens with one attached hydrogen (secondary N) is 1. The second kappa shape index (κ2) is 10.3. The maximum absolute atomic E-state index is 13.4. The number of halogens is 1. The van der Waals surface area contributed by atoms with Crippen LogP contribution in [0.5, 0.6) is 5.75 Å². The van der Waals surface area contributed by atoms with E-state index in [0.717, 1.165) is 24.2 Å². The second-order valence-corrected chi connectivity index (χ2v) is 9.89. The van der Waals surface area contributed by atoms with Gasteiger partial charge in [0.2, 0.25) is 5.43 Å². The van der Waals surface area contributed by atoms with E-state index in [-0.39, 0.29) is 29.8 Å². The van der Waals surface area contributed by atoms with E-state index in [4.69, 9.17) is 0 Å². The number of hydrogen-bond acceptors (Lipinski definition) is 6. The van der Waals surface area contributed by atoms with E-state index in [1.807, 2.05) is 19.0 Å². The van der Waals surface area contributed by atoms with Crippen LogP contribution in [0.4, 0.5) is 10.1 Å². The molecule has 10 heteroatoms. The quantitative estimate of drug-likeness (QED) is 0.519. The molecule has 1 atom stereocenters. The van der Waals surface area contributed by atoms with Crippen LogP contribution >= 0.6 is 0 Å². The van der Waals surface area contributed by atoms with E-state index in [1.165, 1.54) is 35.0 Å². The van der Waals surface area contributed by atoms with Gasteiger partial charge in [0.15, 0.2) is 11.4 Å². The average molecular weight is 520 g/mol. The molecule has 198 valence electrons. The fourth-order valence-corrected chi connectivity index (χ4v) is 5.08. The van der Waals surface area contributed by atoms with Crippen molar-refractivity contribution in [3.63, 3.8) is 0 Å². The van der Waals surface area contributed by atoms with Crippen molar-refractivity contribution in [3.05, 3.63) is 93.2 Å². The molecule has 3 heterocycles. The van der Waals surface area contributed by atoms with Crippen LogP contribution in [0, 0.1) is 5.82 Å². The first-order valence-corrected chi connectivity index (χ1v) is 12.5. The van der Waals surface area contributed by atoms with E-state index < -0.39 is 23.0 Å². The Morgan fingerprint density at radius 1 is 1.05 bits per heavy atom. The van der Waals surface area contributed by atoms with Crippen LogP contribution in [0.15, 0.2) is 59.5 Å². The summed E-state index contributed by atoms with van der Waals surface area (Å²) in [6.07, 6.45) is 1.84. The van der Waals surface area contributed by atoms with Crippen LogP contribution in [-0.4, -0.2) is 64.6 Å². The fourth-order valence-electron chi connectivity index (χ4n) is 5.08. The number of aromatic hydroxyl groups is 1. The number of fused-ring (bicyclic) bond motifs is 2. The molecule has 0 saturated carbocycles. The average Bonchev–Trinajstić information content (AvgIpc) is 2.91. The lowest BCUT2D eigenvalue weighted by atomic mass is 10.1. The summed E-state index contributed by atoms with van der Waals surface area (Å²) in [5, 5.41) is 13.3. The fraction of sp³-hybridized carbons (Fsp3) is 0.321. The first kappa shape index (κ1) is 25.5. The molecule has 5 rings (SSSR count). The highest BCUT2D eigenvalue weighted by atomic mass is 19.1. The number of pyridine rings is 1. The number of carbonyl (C=O) groups excluding carboxylic acids is 2. The maximum atomic E-state index is 13.4. The smallest absolute Gasteiger partial charge is 0.275 e. The molecule has 38 heavy (non-hydrogen) atoms. The summed E-state index contributed by atoms with van der Waals surface area (Å²) in [6.45, 7) is 2.33. The number of hydrogen-bond donors (Lipinski definition) is 2. The molecule has 9 nitrogen and oxygen atoms in total. The zero-order chi connectivity index (χ0) is 27.0. The molecule has 2 amide bonds. The van der Waals surface area contributed by atoms with Gasteiger partial charge in [-0.25, -0.2) is 4.39 Å². The van der Waals surface area contributed by atoms with Gasteiger partial charge in [-0.05, 0) is 41.8 Å². The summed E-state index contributed by atoms with van der Waals surface area (Å²) in [6, 6.07) is 13.9. The Bertz CT molecular complexity index is 1420. The predicted octanol–water partition coefficient (Wildman–Crippen LogP) is 2.38. The second-order valence-electron chi connectivity index (χ2n) is 9.89. The zero-order valence-electron chi connectivity index (χ0n) is 21.4. The first-order valence-electron chi connectivity index (χ1n) is 12.5. The van der Waals surface area contributed by atoms with Gasteiger partial charge in [0.05, 0.1) is 6.54 Å². The number of rotatable bonds is 6. The van der Waals surface area contributed by atoms with Gasteiger partial charge in [0, 0.05) is 52.2 Å². The lowest BCUT2D eigenvalue weighted by Crippen LogP contribution is -2.60. The SMILES string of the molecule is CN(C)c1ccc(CN2CCCN3C(=O)c4c(O)c(=O)c(C(=O)NCc5ccc(F)cc5)cn4CC23)cc1. The third-order valence-corrected chi connectivity index (χ3v) is 7.15. The minimum absolute atomic E-state index is 0.0801. The summed E-state index contributed by atoms with van der Waals surface area (Å²) >= 11 is 0. The molecule has 3 aromatic rings. The molecule has 1 unspecified atom stereocenters. The van der Waals surface area contributed by atoms with Gasteiger partial charge in [-0.1, -0.05) is 24.3 Å². The van der Waals surface area contributed by atoms with E-state index >= 15 is 0 Å². The molecule has 0 spiro atoms. The van der Waals surface area contributed by atoms with Crippen LogP contribution < -0.4 is 15.6 Å². The van der Waals surface area contributed by atoms with Crippen molar-refractivity contribution >= 4 is 17.5 Å². The van der Waals surface area contributed by atoms with E-state index in [2.05, 4.69) is 34.5 Å². The molecular formula is C28H30FN5O4. The molecule has 2 N–H and O–H groups in total. The van der Waals surface area contributed by atoms with Crippen molar-refractivity contribution in [1.29, 1.82) is 0 Å². The normalized spacial score (nSPS) is 17.1.